The van der Waals surface area contributed by atoms with Crippen LogP contribution >= 0.6 is 12.2 Å². The lowest BCUT2D eigenvalue weighted by Crippen LogP contribution is -2.38. The van der Waals surface area contributed by atoms with Crippen LogP contribution in [0.5, 0.6) is 0 Å². The second-order valence-corrected chi connectivity index (χ2v) is 6.11. The Kier molecular flexibility index (Phi) is 5.24. The average Bonchev–Trinajstić information content (AvgIpc) is 2.66. The van der Waals surface area contributed by atoms with Gasteiger partial charge in [0.25, 0.3) is 5.91 Å². The summed E-state index contributed by atoms with van der Waals surface area (Å²) in [6.07, 6.45) is 0. The van der Waals surface area contributed by atoms with Gasteiger partial charge in [-0.2, -0.15) is 0 Å². The summed E-state index contributed by atoms with van der Waals surface area (Å²) < 4.78 is 0. The number of hydrogen-bond acceptors (Lipinski definition) is 3. The van der Waals surface area contributed by atoms with Gasteiger partial charge in [0.05, 0.1) is 5.56 Å². The van der Waals surface area contributed by atoms with Crippen LogP contribution in [0.1, 0.15) is 26.3 Å². The topological polar surface area (TPSA) is 78.4 Å². The number of nitrogens with one attached hydrogen (secondary N) is 2. The Morgan fingerprint density at radius 2 is 1.54 bits per heavy atom. The molecule has 0 bridgehead atoms. The number of benzene rings is 3. The number of carbonyl (C=O) groups excluding carboxylic acids is 1. The van der Waals surface area contributed by atoms with E-state index in [2.05, 4.69) is 10.6 Å². The summed E-state index contributed by atoms with van der Waals surface area (Å²) >= 11 is 5.16. The number of amides is 1. The Hall–Kier alpha value is -3.25. The van der Waals surface area contributed by atoms with E-state index in [1.165, 1.54) is 12.1 Å². The van der Waals surface area contributed by atoms with E-state index < -0.39 is 5.97 Å². The van der Waals surface area contributed by atoms with Crippen LogP contribution in [0.25, 0.3) is 10.8 Å². The second kappa shape index (κ2) is 7.76. The van der Waals surface area contributed by atoms with E-state index in [-0.39, 0.29) is 16.6 Å². The van der Waals surface area contributed by atoms with Crippen molar-refractivity contribution in [1.82, 2.24) is 10.6 Å². The van der Waals surface area contributed by atoms with Gasteiger partial charge in [0.15, 0.2) is 5.11 Å². The highest BCUT2D eigenvalue weighted by Crippen LogP contribution is 2.15. The number of carbonyl (C=O) groups is 2. The molecule has 130 valence electrons. The summed E-state index contributed by atoms with van der Waals surface area (Å²) in [6.45, 7) is 0.386. The maximum absolute atomic E-state index is 12.3. The van der Waals surface area contributed by atoms with Crippen LogP contribution in [-0.2, 0) is 6.54 Å². The van der Waals surface area contributed by atoms with E-state index in [4.69, 9.17) is 17.3 Å². The third-order valence-electron chi connectivity index (χ3n) is 3.89. The molecule has 1 amide bonds. The van der Waals surface area contributed by atoms with E-state index in [0.717, 1.165) is 16.3 Å². The lowest BCUT2D eigenvalue weighted by molar-refractivity contribution is 0.0696. The van der Waals surface area contributed by atoms with Gasteiger partial charge in [-0.05, 0) is 52.8 Å². The number of carboxylic acids is 1. The van der Waals surface area contributed by atoms with Crippen molar-refractivity contribution in [1.29, 1.82) is 0 Å². The highest BCUT2D eigenvalue weighted by Gasteiger charge is 2.09. The Morgan fingerprint density at radius 3 is 2.23 bits per heavy atom. The first kappa shape index (κ1) is 17.6. The molecule has 0 aliphatic carbocycles. The van der Waals surface area contributed by atoms with Gasteiger partial charge in [0, 0.05) is 12.1 Å². The van der Waals surface area contributed by atoms with Crippen LogP contribution < -0.4 is 10.6 Å². The van der Waals surface area contributed by atoms with E-state index >= 15 is 0 Å². The zero-order chi connectivity index (χ0) is 18.5. The second-order valence-electron chi connectivity index (χ2n) is 5.70. The monoisotopic (exact) mass is 364 g/mol. The quantitative estimate of drug-likeness (QED) is 0.619. The molecular weight excluding hydrogens is 348 g/mol. The molecule has 0 saturated heterocycles. The first-order chi connectivity index (χ1) is 12.5. The van der Waals surface area contributed by atoms with Crippen LogP contribution in [0, 0.1) is 0 Å². The molecule has 0 fully saturated rings. The number of hydrogen-bond donors (Lipinski definition) is 3. The third kappa shape index (κ3) is 4.23. The predicted molar refractivity (Wildman–Crippen MR) is 104 cm³/mol. The largest absolute Gasteiger partial charge is 0.478 e. The van der Waals surface area contributed by atoms with Crippen molar-refractivity contribution in [2.45, 2.75) is 6.54 Å². The van der Waals surface area contributed by atoms with Crippen molar-refractivity contribution in [2.75, 3.05) is 0 Å². The first-order valence-corrected chi connectivity index (χ1v) is 8.34. The number of fused-ring (bicyclic) bond motifs is 1. The molecule has 0 atom stereocenters. The van der Waals surface area contributed by atoms with Gasteiger partial charge < -0.3 is 10.4 Å². The van der Waals surface area contributed by atoms with Crippen molar-refractivity contribution in [2.24, 2.45) is 0 Å². The molecule has 3 rings (SSSR count). The van der Waals surface area contributed by atoms with Gasteiger partial charge in [0.2, 0.25) is 0 Å². The summed E-state index contributed by atoms with van der Waals surface area (Å²) in [4.78, 5) is 23.2. The van der Waals surface area contributed by atoms with Gasteiger partial charge in [0.1, 0.15) is 0 Å². The van der Waals surface area contributed by atoms with Crippen LogP contribution in [0.3, 0.4) is 0 Å². The van der Waals surface area contributed by atoms with Crippen LogP contribution in [0.2, 0.25) is 0 Å². The van der Waals surface area contributed by atoms with Crippen LogP contribution in [0.15, 0.2) is 66.7 Å². The molecule has 0 radical (unpaired) electrons. The minimum absolute atomic E-state index is 0.213. The molecule has 0 saturated carbocycles. The fourth-order valence-corrected chi connectivity index (χ4v) is 2.66. The highest BCUT2D eigenvalue weighted by atomic mass is 32.1. The summed E-state index contributed by atoms with van der Waals surface area (Å²) in [5.41, 5.74) is 1.61. The summed E-state index contributed by atoms with van der Waals surface area (Å²) in [5, 5.41) is 16.7. The fraction of sp³-hybridized carbons (Fsp3) is 0.0500. The normalized spacial score (nSPS) is 10.3. The van der Waals surface area contributed by atoms with Crippen LogP contribution in [0.4, 0.5) is 0 Å². The highest BCUT2D eigenvalue weighted by molar-refractivity contribution is 7.80. The molecule has 3 aromatic rings. The Balaban J connectivity index is 1.58. The smallest absolute Gasteiger partial charge is 0.335 e. The summed E-state index contributed by atoms with van der Waals surface area (Å²) in [5.74, 6) is -1.25. The van der Waals surface area contributed by atoms with E-state index in [1.54, 1.807) is 18.2 Å². The first-order valence-electron chi connectivity index (χ1n) is 7.93. The number of rotatable bonds is 4. The number of aromatic carboxylic acids is 1. The van der Waals surface area contributed by atoms with E-state index in [0.29, 0.717) is 12.1 Å². The zero-order valence-electron chi connectivity index (χ0n) is 13.7. The number of thiocarbonyl (C=S) groups is 1. The van der Waals surface area contributed by atoms with Crippen LogP contribution in [-0.4, -0.2) is 22.1 Å². The van der Waals surface area contributed by atoms with Crippen molar-refractivity contribution in [3.05, 3.63) is 83.4 Å². The van der Waals surface area contributed by atoms with Crippen molar-refractivity contribution >= 4 is 40.0 Å². The molecule has 3 aromatic carbocycles. The predicted octanol–water partition coefficient (Wildman–Crippen LogP) is 3.34. The molecule has 0 heterocycles. The van der Waals surface area contributed by atoms with E-state index in [1.807, 2.05) is 36.4 Å². The third-order valence-corrected chi connectivity index (χ3v) is 4.14. The standard InChI is InChI=1S/C20H16N2O3S/c23-18(17-10-9-14-3-1-2-4-16(14)11-17)22-20(26)21-12-13-5-7-15(8-6-13)19(24)25/h1-11H,12H2,(H,24,25)(H2,21,22,23,26). The SMILES string of the molecule is O=C(O)c1ccc(CNC(=S)NC(=O)c2ccc3ccccc3c2)cc1. The van der Waals surface area contributed by atoms with Crippen molar-refractivity contribution in [3.63, 3.8) is 0 Å². The van der Waals surface area contributed by atoms with Gasteiger partial charge >= 0.3 is 5.97 Å². The molecule has 0 aromatic heterocycles. The fourth-order valence-electron chi connectivity index (χ4n) is 2.50. The molecule has 0 unspecified atom stereocenters. The number of carboxylic acid groups (broad SMARTS) is 1. The van der Waals surface area contributed by atoms with Gasteiger partial charge in [-0.15, -0.1) is 0 Å². The molecule has 3 N–H and O–H groups in total. The maximum atomic E-state index is 12.3. The van der Waals surface area contributed by atoms with Gasteiger partial charge in [-0.3, -0.25) is 10.1 Å². The molecule has 6 heteroatoms. The summed E-state index contributed by atoms with van der Waals surface area (Å²) in [6, 6.07) is 19.7. The Morgan fingerprint density at radius 1 is 0.885 bits per heavy atom. The Labute approximate surface area is 155 Å². The molecular formula is C20H16N2O3S. The average molecular weight is 364 g/mol. The minimum Gasteiger partial charge on any atom is -0.478 e. The Bertz CT molecular complexity index is 984. The van der Waals surface area contributed by atoms with Crippen molar-refractivity contribution < 1.29 is 14.7 Å². The van der Waals surface area contributed by atoms with Gasteiger partial charge in [-0.25, -0.2) is 4.79 Å². The molecule has 0 spiro atoms. The molecule has 0 aliphatic rings. The van der Waals surface area contributed by atoms with Gasteiger partial charge in [-0.1, -0.05) is 42.5 Å². The van der Waals surface area contributed by atoms with E-state index in [9.17, 15) is 9.59 Å². The molecule has 26 heavy (non-hydrogen) atoms. The lowest BCUT2D eigenvalue weighted by atomic mass is 10.1. The lowest BCUT2D eigenvalue weighted by Gasteiger charge is -2.10. The zero-order valence-corrected chi connectivity index (χ0v) is 14.5. The van der Waals surface area contributed by atoms with Crippen molar-refractivity contribution in [3.8, 4) is 0 Å². The summed E-state index contributed by atoms with van der Waals surface area (Å²) in [7, 11) is 0. The molecule has 5 nitrogen and oxygen atoms in total. The molecule has 0 aliphatic heterocycles. The maximum Gasteiger partial charge on any atom is 0.335 e. The minimum atomic E-state index is -0.970.